The molecule has 0 rings (SSSR count). The SMILES string of the molecule is C=C[CH]C.[Ce].[Cl-].[Cl-]. The van der Waals surface area contributed by atoms with E-state index in [4.69, 9.17) is 0 Å². The Morgan fingerprint density at radius 3 is 1.43 bits per heavy atom. The number of hydrogen-bond acceptors (Lipinski definition) is 0. The van der Waals surface area contributed by atoms with Crippen molar-refractivity contribution in [3.05, 3.63) is 19.1 Å². The first-order valence-electron chi connectivity index (χ1n) is 1.32. The summed E-state index contributed by atoms with van der Waals surface area (Å²) in [6.07, 6.45) is 3.64. The number of hydrogen-bond donors (Lipinski definition) is 0. The second kappa shape index (κ2) is 25.3. The van der Waals surface area contributed by atoms with E-state index in [0.29, 0.717) is 0 Å². The van der Waals surface area contributed by atoms with Crippen molar-refractivity contribution in [3.8, 4) is 0 Å². The van der Waals surface area contributed by atoms with Crippen LogP contribution < -0.4 is 24.8 Å². The molecule has 1 radical (unpaired) electrons. The molecule has 0 spiro atoms. The van der Waals surface area contributed by atoms with Gasteiger partial charge in [-0.2, -0.15) is 0 Å². The van der Waals surface area contributed by atoms with Crippen LogP contribution in [0.4, 0.5) is 0 Å². The molecule has 7 heavy (non-hydrogen) atoms. The van der Waals surface area contributed by atoms with Crippen molar-refractivity contribution in [3.63, 3.8) is 0 Å². The van der Waals surface area contributed by atoms with Gasteiger partial charge in [0, 0.05) is 41.7 Å². The molecule has 0 amide bonds. The maximum atomic E-state index is 3.42. The molecule has 0 aromatic heterocycles. The van der Waals surface area contributed by atoms with E-state index in [1.807, 2.05) is 13.3 Å². The van der Waals surface area contributed by atoms with Gasteiger partial charge in [-0.15, -0.1) is 6.58 Å². The van der Waals surface area contributed by atoms with Crippen LogP contribution in [0.15, 0.2) is 12.7 Å². The molecule has 3 heteroatoms. The molecule has 0 heterocycles. The molecule has 43 valence electrons. The van der Waals surface area contributed by atoms with E-state index in [1.54, 1.807) is 6.08 Å². The summed E-state index contributed by atoms with van der Waals surface area (Å²) in [5.41, 5.74) is 0. The third kappa shape index (κ3) is 34.3. The van der Waals surface area contributed by atoms with Gasteiger partial charge in [-0.05, 0) is 6.42 Å². The average molecular weight is 266 g/mol. The van der Waals surface area contributed by atoms with Crippen molar-refractivity contribution in [2.45, 2.75) is 6.92 Å². The Labute approximate surface area is 91.3 Å². The van der Waals surface area contributed by atoms with Crippen LogP contribution in [0.25, 0.3) is 0 Å². The minimum absolute atomic E-state index is 0. The third-order valence-corrected chi connectivity index (χ3v) is 0.236. The fourth-order valence-electron chi connectivity index (χ4n) is 0. The molecule has 0 saturated carbocycles. The molecule has 0 fully saturated rings. The smallest absolute Gasteiger partial charge is 0 e. The first-order valence-corrected chi connectivity index (χ1v) is 1.32. The number of rotatable bonds is 1. The Hall–Kier alpha value is 1.70. The third-order valence-electron chi connectivity index (χ3n) is 0.236. The van der Waals surface area contributed by atoms with Crippen molar-refractivity contribution in [2.24, 2.45) is 0 Å². The molecular weight excluding hydrogens is 259 g/mol. The normalized spacial score (nSPS) is 3.57. The average Bonchev–Trinajstić information content (AvgIpc) is 1.37. The van der Waals surface area contributed by atoms with Gasteiger partial charge < -0.3 is 24.8 Å². The molecule has 0 aromatic rings. The van der Waals surface area contributed by atoms with Gasteiger partial charge in [0.05, 0.1) is 0 Å². The van der Waals surface area contributed by atoms with Crippen LogP contribution >= 0.6 is 0 Å². The van der Waals surface area contributed by atoms with Crippen LogP contribution in [0, 0.1) is 48.2 Å². The van der Waals surface area contributed by atoms with Crippen molar-refractivity contribution in [2.75, 3.05) is 0 Å². The number of halogens is 2. The Bertz CT molecular complexity index is 23.7. The molecule has 0 aliphatic heterocycles. The Balaban J connectivity index is -0.0000000150. The zero-order valence-electron chi connectivity index (χ0n) is 4.12. The van der Waals surface area contributed by atoms with E-state index in [0.717, 1.165) is 0 Å². The Kier molecular flexibility index (Phi) is 84.3. The van der Waals surface area contributed by atoms with Gasteiger partial charge in [-0.25, -0.2) is 0 Å². The summed E-state index contributed by atoms with van der Waals surface area (Å²) in [4.78, 5) is 0. The molecule has 0 unspecified atom stereocenters. The second-order valence-electron chi connectivity index (χ2n) is 0.569. The van der Waals surface area contributed by atoms with Gasteiger partial charge in [0.2, 0.25) is 0 Å². The Morgan fingerprint density at radius 2 is 1.43 bits per heavy atom. The van der Waals surface area contributed by atoms with Gasteiger partial charge in [0.1, 0.15) is 0 Å². The van der Waals surface area contributed by atoms with E-state index in [-0.39, 0.29) is 66.6 Å². The molecule has 0 aliphatic carbocycles. The fraction of sp³-hybridized carbons (Fsp3) is 0.250. The quantitative estimate of drug-likeness (QED) is 0.448. The predicted octanol–water partition coefficient (Wildman–Crippen LogP) is -4.60. The predicted molar refractivity (Wildman–Crippen MR) is 20.2 cm³/mol. The summed E-state index contributed by atoms with van der Waals surface area (Å²) in [6.45, 7) is 5.36. The van der Waals surface area contributed by atoms with Crippen LogP contribution in [-0.2, 0) is 0 Å². The molecule has 0 N–H and O–H groups in total. The van der Waals surface area contributed by atoms with E-state index < -0.39 is 0 Å². The van der Waals surface area contributed by atoms with Gasteiger partial charge >= 0.3 is 0 Å². The van der Waals surface area contributed by atoms with Crippen molar-refractivity contribution >= 4 is 0 Å². The zero-order chi connectivity index (χ0) is 3.41. The first kappa shape index (κ1) is 23.4. The van der Waals surface area contributed by atoms with Crippen molar-refractivity contribution < 1.29 is 66.6 Å². The van der Waals surface area contributed by atoms with Crippen molar-refractivity contribution in [1.29, 1.82) is 0 Å². The minimum Gasteiger partial charge on any atom is -1.00 e. The summed E-state index contributed by atoms with van der Waals surface area (Å²) in [7, 11) is 0. The number of allylic oxidation sites excluding steroid dienone is 1. The summed E-state index contributed by atoms with van der Waals surface area (Å²) in [5, 5.41) is 0. The monoisotopic (exact) mass is 265 g/mol. The second-order valence-corrected chi connectivity index (χ2v) is 0.569. The molecule has 0 nitrogen and oxygen atoms in total. The fourth-order valence-corrected chi connectivity index (χ4v) is 0. The van der Waals surface area contributed by atoms with Crippen LogP contribution in [0.1, 0.15) is 6.92 Å². The van der Waals surface area contributed by atoms with E-state index >= 15 is 0 Å². The Morgan fingerprint density at radius 1 is 1.29 bits per heavy atom. The maximum Gasteiger partial charge on any atom is 0 e. The van der Waals surface area contributed by atoms with Crippen LogP contribution in [0.5, 0.6) is 0 Å². The molecule has 0 saturated heterocycles. The topological polar surface area (TPSA) is 0 Å². The van der Waals surface area contributed by atoms with E-state index in [2.05, 4.69) is 6.58 Å². The van der Waals surface area contributed by atoms with Crippen LogP contribution in [-0.4, -0.2) is 0 Å². The van der Waals surface area contributed by atoms with Gasteiger partial charge in [0.25, 0.3) is 0 Å². The van der Waals surface area contributed by atoms with E-state index in [1.165, 1.54) is 0 Å². The molecule has 0 aliphatic rings. The van der Waals surface area contributed by atoms with Crippen molar-refractivity contribution in [1.82, 2.24) is 0 Å². The summed E-state index contributed by atoms with van der Waals surface area (Å²) in [6, 6.07) is 0. The summed E-state index contributed by atoms with van der Waals surface area (Å²) in [5.74, 6) is 0. The summed E-state index contributed by atoms with van der Waals surface area (Å²) >= 11 is 0. The van der Waals surface area contributed by atoms with Crippen LogP contribution in [0.3, 0.4) is 0 Å². The van der Waals surface area contributed by atoms with E-state index in [9.17, 15) is 0 Å². The molecule has 0 atom stereocenters. The molecular formula is C4H7CeCl2-2. The van der Waals surface area contributed by atoms with Gasteiger partial charge in [0.15, 0.2) is 0 Å². The van der Waals surface area contributed by atoms with Gasteiger partial charge in [-0.1, -0.05) is 13.0 Å². The molecule has 0 aromatic carbocycles. The minimum atomic E-state index is 0. The summed E-state index contributed by atoms with van der Waals surface area (Å²) < 4.78 is 0. The maximum absolute atomic E-state index is 3.42. The van der Waals surface area contributed by atoms with Gasteiger partial charge in [-0.3, -0.25) is 0 Å². The molecule has 0 bridgehead atoms. The zero-order valence-corrected chi connectivity index (χ0v) is 8.77. The first-order chi connectivity index (χ1) is 1.91. The largest absolute Gasteiger partial charge is 1.00 e. The standard InChI is InChI=1S/C4H7.Ce.2ClH/c1-3-4-2;;;/h3-4H,1H2,2H3;;2*1H/p-2. The van der Waals surface area contributed by atoms with Crippen LogP contribution in [0.2, 0.25) is 0 Å².